The summed E-state index contributed by atoms with van der Waals surface area (Å²) in [6, 6.07) is 6.66. The van der Waals surface area contributed by atoms with Crippen LogP contribution in [0.25, 0.3) is 0 Å². The molecule has 0 saturated heterocycles. The van der Waals surface area contributed by atoms with E-state index in [2.05, 4.69) is 23.5 Å². The predicted molar refractivity (Wildman–Crippen MR) is 54.2 cm³/mol. The van der Waals surface area contributed by atoms with E-state index >= 15 is 0 Å². The molecule has 0 saturated carbocycles. The van der Waals surface area contributed by atoms with Gasteiger partial charge in [0, 0.05) is 19.3 Å². The van der Waals surface area contributed by atoms with Crippen LogP contribution in [0.1, 0.15) is 11.1 Å². The summed E-state index contributed by atoms with van der Waals surface area (Å²) in [7, 11) is 1.74. The zero-order valence-electron chi connectivity index (χ0n) is 7.97. The topological polar surface area (TPSA) is 21.3 Å². The van der Waals surface area contributed by atoms with Gasteiger partial charge in [-0.3, -0.25) is 0 Å². The average molecular weight is 177 g/mol. The first-order valence-electron chi connectivity index (χ1n) is 4.75. The third-order valence-corrected chi connectivity index (χ3v) is 2.48. The zero-order valence-corrected chi connectivity index (χ0v) is 7.97. The standard InChI is InChI=1S/C11H15NO/c1-13-7-5-9-2-3-10-4-6-12-11(10)8-9/h2-3,8,12H,4-7H2,1H3. The Labute approximate surface area is 78.9 Å². The van der Waals surface area contributed by atoms with Gasteiger partial charge in [-0.1, -0.05) is 12.1 Å². The lowest BCUT2D eigenvalue weighted by atomic mass is 10.1. The normalized spacial score (nSPS) is 13.9. The SMILES string of the molecule is COCCc1ccc2c(c1)NCC2. The molecule has 0 aromatic heterocycles. The molecule has 1 aromatic carbocycles. The molecule has 70 valence electrons. The summed E-state index contributed by atoms with van der Waals surface area (Å²) in [6.07, 6.45) is 2.17. The van der Waals surface area contributed by atoms with Gasteiger partial charge in [0.05, 0.1) is 6.61 Å². The molecule has 0 unspecified atom stereocenters. The third-order valence-electron chi connectivity index (χ3n) is 2.48. The van der Waals surface area contributed by atoms with Crippen LogP contribution < -0.4 is 5.32 Å². The Morgan fingerprint density at radius 2 is 2.38 bits per heavy atom. The number of hydrogen-bond donors (Lipinski definition) is 1. The molecule has 0 amide bonds. The van der Waals surface area contributed by atoms with Crippen molar-refractivity contribution in [1.82, 2.24) is 0 Å². The van der Waals surface area contributed by atoms with Crippen LogP contribution in [0.4, 0.5) is 5.69 Å². The maximum absolute atomic E-state index is 5.04. The van der Waals surface area contributed by atoms with E-state index < -0.39 is 0 Å². The van der Waals surface area contributed by atoms with Crippen LogP contribution in [0.2, 0.25) is 0 Å². The van der Waals surface area contributed by atoms with Crippen molar-refractivity contribution >= 4 is 5.69 Å². The highest BCUT2D eigenvalue weighted by atomic mass is 16.5. The number of hydrogen-bond acceptors (Lipinski definition) is 2. The molecule has 1 aliphatic rings. The second kappa shape index (κ2) is 3.79. The Balaban J connectivity index is 2.12. The van der Waals surface area contributed by atoms with Gasteiger partial charge in [-0.05, 0) is 30.0 Å². The Hall–Kier alpha value is -1.02. The summed E-state index contributed by atoms with van der Waals surface area (Å²) in [5.74, 6) is 0. The van der Waals surface area contributed by atoms with E-state index in [1.54, 1.807) is 7.11 Å². The molecule has 13 heavy (non-hydrogen) atoms. The smallest absolute Gasteiger partial charge is 0.0502 e. The Kier molecular flexibility index (Phi) is 2.50. The number of fused-ring (bicyclic) bond motifs is 1. The van der Waals surface area contributed by atoms with Gasteiger partial charge in [0.15, 0.2) is 0 Å². The summed E-state index contributed by atoms with van der Waals surface area (Å²) < 4.78 is 5.04. The summed E-state index contributed by atoms with van der Waals surface area (Å²) in [5, 5.41) is 3.38. The highest BCUT2D eigenvalue weighted by Crippen LogP contribution is 2.23. The monoisotopic (exact) mass is 177 g/mol. The maximum atomic E-state index is 5.04. The summed E-state index contributed by atoms with van der Waals surface area (Å²) in [5.41, 5.74) is 4.12. The molecule has 0 fully saturated rings. The molecule has 2 heteroatoms. The van der Waals surface area contributed by atoms with Crippen molar-refractivity contribution in [1.29, 1.82) is 0 Å². The quantitative estimate of drug-likeness (QED) is 0.760. The maximum Gasteiger partial charge on any atom is 0.0502 e. The van der Waals surface area contributed by atoms with Gasteiger partial charge in [-0.15, -0.1) is 0 Å². The van der Waals surface area contributed by atoms with Crippen molar-refractivity contribution in [2.45, 2.75) is 12.8 Å². The number of rotatable bonds is 3. The van der Waals surface area contributed by atoms with E-state index in [1.807, 2.05) is 0 Å². The fraction of sp³-hybridized carbons (Fsp3) is 0.455. The lowest BCUT2D eigenvalue weighted by molar-refractivity contribution is 0.202. The van der Waals surface area contributed by atoms with Crippen molar-refractivity contribution in [2.24, 2.45) is 0 Å². The second-order valence-electron chi connectivity index (χ2n) is 3.41. The van der Waals surface area contributed by atoms with Crippen molar-refractivity contribution < 1.29 is 4.74 Å². The van der Waals surface area contributed by atoms with Crippen molar-refractivity contribution in [3.63, 3.8) is 0 Å². The minimum absolute atomic E-state index is 0.804. The average Bonchev–Trinajstić information content (AvgIpc) is 2.61. The van der Waals surface area contributed by atoms with Gasteiger partial charge in [0.1, 0.15) is 0 Å². The van der Waals surface area contributed by atoms with Crippen molar-refractivity contribution in [2.75, 3.05) is 25.6 Å². The number of nitrogens with one attached hydrogen (secondary N) is 1. The molecule has 1 aromatic rings. The number of anilines is 1. The first-order chi connectivity index (χ1) is 6.40. The number of methoxy groups -OCH3 is 1. The lowest BCUT2D eigenvalue weighted by Crippen LogP contribution is -1.95. The van der Waals surface area contributed by atoms with Gasteiger partial charge in [-0.2, -0.15) is 0 Å². The molecule has 2 rings (SSSR count). The Morgan fingerprint density at radius 1 is 1.46 bits per heavy atom. The minimum Gasteiger partial charge on any atom is -0.384 e. The molecular weight excluding hydrogens is 162 g/mol. The molecule has 2 nitrogen and oxygen atoms in total. The van der Waals surface area contributed by atoms with Crippen molar-refractivity contribution in [3.05, 3.63) is 29.3 Å². The fourth-order valence-corrected chi connectivity index (χ4v) is 1.71. The van der Waals surface area contributed by atoms with Gasteiger partial charge >= 0.3 is 0 Å². The van der Waals surface area contributed by atoms with E-state index in [0.29, 0.717) is 0 Å². The minimum atomic E-state index is 0.804. The Bertz CT molecular complexity index is 296. The highest BCUT2D eigenvalue weighted by molar-refractivity contribution is 5.57. The molecule has 0 aliphatic carbocycles. The molecule has 1 aliphatic heterocycles. The van der Waals surface area contributed by atoms with Crippen molar-refractivity contribution in [3.8, 4) is 0 Å². The molecule has 0 atom stereocenters. The summed E-state index contributed by atoms with van der Waals surface area (Å²) in [6.45, 7) is 1.89. The van der Waals surface area contributed by atoms with E-state index in [9.17, 15) is 0 Å². The largest absolute Gasteiger partial charge is 0.384 e. The first-order valence-corrected chi connectivity index (χ1v) is 4.75. The second-order valence-corrected chi connectivity index (χ2v) is 3.41. The van der Waals surface area contributed by atoms with Gasteiger partial charge in [0.25, 0.3) is 0 Å². The van der Waals surface area contributed by atoms with Crippen LogP contribution in [-0.2, 0) is 17.6 Å². The summed E-state index contributed by atoms with van der Waals surface area (Å²) >= 11 is 0. The Morgan fingerprint density at radius 3 is 3.23 bits per heavy atom. The zero-order chi connectivity index (χ0) is 9.10. The third kappa shape index (κ3) is 1.83. The predicted octanol–water partition coefficient (Wildman–Crippen LogP) is 1.84. The van der Waals surface area contributed by atoms with E-state index in [-0.39, 0.29) is 0 Å². The molecular formula is C11H15NO. The van der Waals surface area contributed by atoms with Gasteiger partial charge < -0.3 is 10.1 Å². The van der Waals surface area contributed by atoms with Gasteiger partial charge in [0.2, 0.25) is 0 Å². The van der Waals surface area contributed by atoms with Crippen LogP contribution in [0.5, 0.6) is 0 Å². The molecule has 1 N–H and O–H groups in total. The van der Waals surface area contributed by atoms with Crippen LogP contribution in [0, 0.1) is 0 Å². The highest BCUT2D eigenvalue weighted by Gasteiger charge is 2.09. The van der Waals surface area contributed by atoms with Gasteiger partial charge in [-0.25, -0.2) is 0 Å². The lowest BCUT2D eigenvalue weighted by Gasteiger charge is -2.04. The van der Waals surface area contributed by atoms with E-state index in [1.165, 1.54) is 23.2 Å². The van der Waals surface area contributed by atoms with E-state index in [4.69, 9.17) is 4.74 Å². The first kappa shape index (κ1) is 8.57. The summed E-state index contributed by atoms with van der Waals surface area (Å²) in [4.78, 5) is 0. The molecule has 0 radical (unpaired) electrons. The van der Waals surface area contributed by atoms with Crippen LogP contribution in [0.3, 0.4) is 0 Å². The molecule has 0 bridgehead atoms. The molecule has 0 spiro atoms. The van der Waals surface area contributed by atoms with Crippen LogP contribution >= 0.6 is 0 Å². The van der Waals surface area contributed by atoms with Crippen LogP contribution in [0.15, 0.2) is 18.2 Å². The number of ether oxygens (including phenoxy) is 1. The fourth-order valence-electron chi connectivity index (χ4n) is 1.71. The number of benzene rings is 1. The van der Waals surface area contributed by atoms with E-state index in [0.717, 1.165) is 19.6 Å². The molecule has 1 heterocycles. The van der Waals surface area contributed by atoms with Crippen LogP contribution in [-0.4, -0.2) is 20.3 Å².